The van der Waals surface area contributed by atoms with Crippen LogP contribution in [0.1, 0.15) is 6.92 Å². The Bertz CT molecular complexity index is 406. The molecular weight excluding hydrogens is 252 g/mol. The molecule has 0 radical (unpaired) electrons. The molecule has 0 amide bonds. The quantitative estimate of drug-likeness (QED) is 0.711. The number of hydrogen-bond acceptors (Lipinski definition) is 6. The summed E-state index contributed by atoms with van der Waals surface area (Å²) in [6.45, 7) is 1.60. The fourth-order valence-corrected chi connectivity index (χ4v) is 1.90. The van der Waals surface area contributed by atoms with Gasteiger partial charge in [0.1, 0.15) is 29.8 Å². The molecule has 0 saturated carbocycles. The summed E-state index contributed by atoms with van der Waals surface area (Å²) >= 11 is 0. The summed E-state index contributed by atoms with van der Waals surface area (Å²) in [5.41, 5.74) is 0. The fourth-order valence-electron chi connectivity index (χ4n) is 1.90. The van der Waals surface area contributed by atoms with Gasteiger partial charge in [0.15, 0.2) is 0 Å². The summed E-state index contributed by atoms with van der Waals surface area (Å²) in [4.78, 5) is 0. The maximum absolute atomic E-state index is 9.80. The van der Waals surface area contributed by atoms with E-state index in [0.29, 0.717) is 11.5 Å². The van der Waals surface area contributed by atoms with Gasteiger partial charge >= 0.3 is 0 Å². The first-order valence-corrected chi connectivity index (χ1v) is 6.03. The van der Waals surface area contributed by atoms with Crippen molar-refractivity contribution in [1.82, 2.24) is 0 Å². The van der Waals surface area contributed by atoms with Crippen LogP contribution in [0.3, 0.4) is 0 Å². The molecule has 2 rings (SSSR count). The van der Waals surface area contributed by atoms with Crippen LogP contribution in [-0.2, 0) is 4.74 Å². The van der Waals surface area contributed by atoms with E-state index in [-0.39, 0.29) is 0 Å². The molecule has 0 spiro atoms. The van der Waals surface area contributed by atoms with Crippen LogP contribution in [0.25, 0.3) is 0 Å². The predicted octanol–water partition coefficient (Wildman–Crippen LogP) is -0.0985. The number of methoxy groups -OCH3 is 1. The SMILES string of the molecule is COc1ccc(OC2OC(C)C(O)C(O)C2O)cc1. The average molecular weight is 270 g/mol. The van der Waals surface area contributed by atoms with Gasteiger partial charge in [0.05, 0.1) is 13.2 Å². The van der Waals surface area contributed by atoms with Gasteiger partial charge in [-0.3, -0.25) is 0 Å². The lowest BCUT2D eigenvalue weighted by molar-refractivity contribution is -0.268. The summed E-state index contributed by atoms with van der Waals surface area (Å²) in [5, 5.41) is 29.0. The minimum Gasteiger partial charge on any atom is -0.497 e. The minimum atomic E-state index is -1.31. The van der Waals surface area contributed by atoms with E-state index in [1.807, 2.05) is 0 Å². The predicted molar refractivity (Wildman–Crippen MR) is 66.0 cm³/mol. The van der Waals surface area contributed by atoms with Crippen LogP contribution in [0.5, 0.6) is 11.5 Å². The molecule has 5 atom stereocenters. The van der Waals surface area contributed by atoms with Crippen molar-refractivity contribution < 1.29 is 29.5 Å². The van der Waals surface area contributed by atoms with Crippen molar-refractivity contribution in [3.8, 4) is 11.5 Å². The summed E-state index contributed by atoms with van der Waals surface area (Å²) < 4.78 is 15.8. The van der Waals surface area contributed by atoms with Gasteiger partial charge in [-0.15, -0.1) is 0 Å². The Labute approximate surface area is 111 Å². The number of aliphatic hydroxyl groups is 3. The molecule has 1 heterocycles. The van der Waals surface area contributed by atoms with Crippen LogP contribution >= 0.6 is 0 Å². The molecule has 1 saturated heterocycles. The molecule has 1 aliphatic rings. The second-order valence-electron chi connectivity index (χ2n) is 4.47. The first-order chi connectivity index (χ1) is 9.02. The van der Waals surface area contributed by atoms with Crippen LogP contribution in [-0.4, -0.2) is 53.1 Å². The Morgan fingerprint density at radius 3 is 2.11 bits per heavy atom. The van der Waals surface area contributed by atoms with Crippen LogP contribution in [0.4, 0.5) is 0 Å². The molecular formula is C13H18O6. The van der Waals surface area contributed by atoms with Crippen LogP contribution in [0.15, 0.2) is 24.3 Å². The van der Waals surface area contributed by atoms with Crippen molar-refractivity contribution in [3.63, 3.8) is 0 Å². The summed E-state index contributed by atoms with van der Waals surface area (Å²) in [6.07, 6.45) is -5.39. The van der Waals surface area contributed by atoms with Gasteiger partial charge in [-0.1, -0.05) is 0 Å². The third kappa shape index (κ3) is 2.98. The fraction of sp³-hybridized carbons (Fsp3) is 0.538. The first-order valence-electron chi connectivity index (χ1n) is 6.03. The van der Waals surface area contributed by atoms with Crippen molar-refractivity contribution in [2.75, 3.05) is 7.11 Å². The molecule has 1 aromatic rings. The van der Waals surface area contributed by atoms with E-state index in [1.54, 1.807) is 38.3 Å². The van der Waals surface area contributed by atoms with Gasteiger partial charge < -0.3 is 29.5 Å². The van der Waals surface area contributed by atoms with Gasteiger partial charge in [0.2, 0.25) is 6.29 Å². The summed E-state index contributed by atoms with van der Waals surface area (Å²) in [7, 11) is 1.56. The molecule has 5 unspecified atom stereocenters. The molecule has 106 valence electrons. The molecule has 1 fully saturated rings. The summed E-state index contributed by atoms with van der Waals surface area (Å²) in [5.74, 6) is 1.15. The van der Waals surface area contributed by atoms with Crippen LogP contribution < -0.4 is 9.47 Å². The van der Waals surface area contributed by atoms with Crippen LogP contribution in [0.2, 0.25) is 0 Å². The Balaban J connectivity index is 2.05. The zero-order valence-corrected chi connectivity index (χ0v) is 10.8. The standard InChI is InChI=1S/C13H18O6/c1-7-10(14)11(15)12(16)13(18-7)19-9-5-3-8(17-2)4-6-9/h3-7,10-16H,1-2H3. The summed E-state index contributed by atoms with van der Waals surface area (Å²) in [6, 6.07) is 6.74. The second-order valence-corrected chi connectivity index (χ2v) is 4.47. The number of rotatable bonds is 3. The lowest BCUT2D eigenvalue weighted by Gasteiger charge is -2.38. The number of ether oxygens (including phenoxy) is 3. The van der Waals surface area contributed by atoms with Crippen molar-refractivity contribution >= 4 is 0 Å². The van der Waals surface area contributed by atoms with Crippen molar-refractivity contribution in [2.24, 2.45) is 0 Å². The van der Waals surface area contributed by atoms with Gasteiger partial charge in [-0.2, -0.15) is 0 Å². The maximum atomic E-state index is 9.80. The minimum absolute atomic E-state index is 0.473. The highest BCUT2D eigenvalue weighted by molar-refractivity contribution is 5.31. The molecule has 6 nitrogen and oxygen atoms in total. The molecule has 1 aromatic carbocycles. The normalized spacial score (nSPS) is 34.9. The lowest BCUT2D eigenvalue weighted by atomic mass is 10.00. The molecule has 6 heteroatoms. The molecule has 3 N–H and O–H groups in total. The third-order valence-corrected chi connectivity index (χ3v) is 3.12. The van der Waals surface area contributed by atoms with Crippen molar-refractivity contribution in [2.45, 2.75) is 37.6 Å². The monoisotopic (exact) mass is 270 g/mol. The second kappa shape index (κ2) is 5.75. The Hall–Kier alpha value is -1.34. The molecule has 0 aliphatic carbocycles. The molecule has 0 aromatic heterocycles. The zero-order chi connectivity index (χ0) is 14.0. The Morgan fingerprint density at radius 2 is 1.53 bits per heavy atom. The third-order valence-electron chi connectivity index (χ3n) is 3.12. The van der Waals surface area contributed by atoms with E-state index in [2.05, 4.69) is 0 Å². The van der Waals surface area contributed by atoms with Gasteiger partial charge in [0, 0.05) is 0 Å². The van der Waals surface area contributed by atoms with Gasteiger partial charge in [0.25, 0.3) is 0 Å². The topological polar surface area (TPSA) is 88.4 Å². The van der Waals surface area contributed by atoms with E-state index in [1.165, 1.54) is 0 Å². The smallest absolute Gasteiger partial charge is 0.229 e. The highest BCUT2D eigenvalue weighted by Gasteiger charge is 2.43. The average Bonchev–Trinajstić information content (AvgIpc) is 2.43. The zero-order valence-electron chi connectivity index (χ0n) is 10.8. The number of hydrogen-bond donors (Lipinski definition) is 3. The number of benzene rings is 1. The molecule has 1 aliphatic heterocycles. The van der Waals surface area contributed by atoms with Crippen molar-refractivity contribution in [3.05, 3.63) is 24.3 Å². The number of aliphatic hydroxyl groups excluding tert-OH is 3. The largest absolute Gasteiger partial charge is 0.497 e. The van der Waals surface area contributed by atoms with E-state index in [0.717, 1.165) is 0 Å². The van der Waals surface area contributed by atoms with E-state index >= 15 is 0 Å². The first kappa shape index (κ1) is 14.1. The maximum Gasteiger partial charge on any atom is 0.229 e. The van der Waals surface area contributed by atoms with E-state index in [9.17, 15) is 15.3 Å². The Kier molecular flexibility index (Phi) is 4.26. The molecule has 0 bridgehead atoms. The highest BCUT2D eigenvalue weighted by Crippen LogP contribution is 2.25. The van der Waals surface area contributed by atoms with E-state index in [4.69, 9.17) is 14.2 Å². The van der Waals surface area contributed by atoms with Crippen molar-refractivity contribution in [1.29, 1.82) is 0 Å². The highest BCUT2D eigenvalue weighted by atomic mass is 16.7. The Morgan fingerprint density at radius 1 is 0.947 bits per heavy atom. The van der Waals surface area contributed by atoms with Gasteiger partial charge in [-0.25, -0.2) is 0 Å². The van der Waals surface area contributed by atoms with E-state index < -0.39 is 30.7 Å². The van der Waals surface area contributed by atoms with Crippen LogP contribution in [0, 0.1) is 0 Å². The molecule has 19 heavy (non-hydrogen) atoms. The lowest BCUT2D eigenvalue weighted by Crippen LogP contribution is -2.58. The van der Waals surface area contributed by atoms with Gasteiger partial charge in [-0.05, 0) is 31.2 Å².